The van der Waals surface area contributed by atoms with Crippen molar-refractivity contribution >= 4 is 23.3 Å². The van der Waals surface area contributed by atoms with Crippen molar-refractivity contribution in [3.05, 3.63) is 28.8 Å². The van der Waals surface area contributed by atoms with Gasteiger partial charge in [-0.05, 0) is 18.6 Å². The summed E-state index contributed by atoms with van der Waals surface area (Å²) in [7, 11) is 1.49. The van der Waals surface area contributed by atoms with Crippen LogP contribution in [0.1, 0.15) is 5.56 Å². The molecule has 0 spiro atoms. The Hall–Kier alpha value is -1.62. The first-order valence-corrected chi connectivity index (χ1v) is 4.96. The van der Waals surface area contributed by atoms with E-state index in [2.05, 4.69) is 10.3 Å². The van der Waals surface area contributed by atoms with Gasteiger partial charge in [-0.2, -0.15) is 0 Å². The fourth-order valence-corrected chi connectivity index (χ4v) is 1.35. The molecule has 0 N–H and O–H groups in total. The second-order valence-corrected chi connectivity index (χ2v) is 3.69. The molecule has 0 saturated carbocycles. The van der Waals surface area contributed by atoms with Crippen molar-refractivity contribution in [1.29, 1.82) is 0 Å². The van der Waals surface area contributed by atoms with E-state index in [4.69, 9.17) is 11.6 Å². The van der Waals surface area contributed by atoms with E-state index in [0.29, 0.717) is 10.7 Å². The number of hydrogen-bond acceptors (Lipinski definition) is 4. The van der Waals surface area contributed by atoms with Gasteiger partial charge in [0.05, 0.1) is 17.5 Å². The summed E-state index contributed by atoms with van der Waals surface area (Å²) in [6.45, 7) is 1.53. The van der Waals surface area contributed by atoms with Crippen LogP contribution in [0.25, 0.3) is 0 Å². The standard InChI is InChI=1S/C10H12ClN3O2/c1-7-4-3-5-8(11)10(7)12-13-14(2)6-9(15)16/h3-5H,6H2,1-2H3,(H,15,16)/p-1. The number of halogens is 1. The summed E-state index contributed by atoms with van der Waals surface area (Å²) in [4.78, 5) is 10.3. The zero-order valence-electron chi connectivity index (χ0n) is 8.98. The maximum atomic E-state index is 10.3. The maximum Gasteiger partial charge on any atom is 0.109 e. The number of aryl methyl sites for hydroxylation is 1. The number of aliphatic carboxylic acids is 1. The van der Waals surface area contributed by atoms with Gasteiger partial charge in [0.1, 0.15) is 5.69 Å². The minimum atomic E-state index is -1.21. The molecule has 0 aliphatic heterocycles. The number of carboxylic acid groups (broad SMARTS) is 1. The zero-order chi connectivity index (χ0) is 12.1. The Morgan fingerprint density at radius 2 is 2.25 bits per heavy atom. The SMILES string of the molecule is Cc1cccc(Cl)c1N=NN(C)CC(=O)[O-]. The molecule has 0 saturated heterocycles. The molecule has 0 fully saturated rings. The van der Waals surface area contributed by atoms with Crippen LogP contribution in [0.15, 0.2) is 28.5 Å². The summed E-state index contributed by atoms with van der Waals surface area (Å²) >= 11 is 5.92. The van der Waals surface area contributed by atoms with Crippen LogP contribution in [0.4, 0.5) is 5.69 Å². The van der Waals surface area contributed by atoms with Crippen LogP contribution in [0.5, 0.6) is 0 Å². The average molecular weight is 241 g/mol. The second kappa shape index (κ2) is 5.46. The van der Waals surface area contributed by atoms with E-state index in [1.54, 1.807) is 6.07 Å². The fraction of sp³-hybridized carbons (Fsp3) is 0.300. The minimum Gasteiger partial charge on any atom is -0.548 e. The van der Waals surface area contributed by atoms with Gasteiger partial charge in [-0.25, -0.2) is 0 Å². The molecule has 1 aromatic rings. The lowest BCUT2D eigenvalue weighted by atomic mass is 10.2. The van der Waals surface area contributed by atoms with Crippen molar-refractivity contribution in [1.82, 2.24) is 5.01 Å². The largest absolute Gasteiger partial charge is 0.548 e. The lowest BCUT2D eigenvalue weighted by Crippen LogP contribution is -2.33. The van der Waals surface area contributed by atoms with Gasteiger partial charge in [0.25, 0.3) is 0 Å². The average Bonchev–Trinajstić information content (AvgIpc) is 2.15. The topological polar surface area (TPSA) is 68.1 Å². The molecule has 1 aromatic carbocycles. The summed E-state index contributed by atoms with van der Waals surface area (Å²) < 4.78 is 0. The molecule has 6 heteroatoms. The summed E-state index contributed by atoms with van der Waals surface area (Å²) in [5, 5.41) is 19.5. The smallest absolute Gasteiger partial charge is 0.109 e. The quantitative estimate of drug-likeness (QED) is 0.589. The number of hydrogen-bond donors (Lipinski definition) is 0. The highest BCUT2D eigenvalue weighted by Gasteiger charge is 2.02. The Kier molecular flexibility index (Phi) is 4.25. The van der Waals surface area contributed by atoms with Crippen molar-refractivity contribution in [3.8, 4) is 0 Å². The Morgan fingerprint density at radius 1 is 1.56 bits per heavy atom. The van der Waals surface area contributed by atoms with E-state index in [-0.39, 0.29) is 6.54 Å². The molecule has 0 atom stereocenters. The van der Waals surface area contributed by atoms with E-state index in [0.717, 1.165) is 10.6 Å². The number of rotatable bonds is 4. The van der Waals surface area contributed by atoms with E-state index in [9.17, 15) is 9.90 Å². The molecule has 0 bridgehead atoms. The van der Waals surface area contributed by atoms with Gasteiger partial charge in [-0.3, -0.25) is 5.01 Å². The van der Waals surface area contributed by atoms with Crippen molar-refractivity contribution in [2.45, 2.75) is 6.92 Å². The number of carbonyl (C=O) groups excluding carboxylic acids is 1. The predicted octanol–water partition coefficient (Wildman–Crippen LogP) is 1.33. The monoisotopic (exact) mass is 240 g/mol. The van der Waals surface area contributed by atoms with E-state index < -0.39 is 5.97 Å². The highest BCUT2D eigenvalue weighted by molar-refractivity contribution is 6.33. The Morgan fingerprint density at radius 3 is 2.81 bits per heavy atom. The van der Waals surface area contributed by atoms with E-state index >= 15 is 0 Å². The van der Waals surface area contributed by atoms with Gasteiger partial charge >= 0.3 is 0 Å². The third-order valence-corrected chi connectivity index (χ3v) is 2.15. The molecule has 86 valence electrons. The Bertz CT molecular complexity index is 400. The summed E-state index contributed by atoms with van der Waals surface area (Å²) in [5.41, 5.74) is 1.41. The van der Waals surface area contributed by atoms with Gasteiger partial charge < -0.3 is 9.90 Å². The van der Waals surface area contributed by atoms with Crippen LogP contribution in [-0.2, 0) is 4.79 Å². The minimum absolute atomic E-state index is 0.312. The molecular formula is C10H11ClN3O2-. The van der Waals surface area contributed by atoms with Crippen LogP contribution in [0.3, 0.4) is 0 Å². The van der Waals surface area contributed by atoms with Gasteiger partial charge in [0.2, 0.25) is 0 Å². The number of carbonyl (C=O) groups is 1. The molecule has 0 heterocycles. The molecule has 16 heavy (non-hydrogen) atoms. The van der Waals surface area contributed by atoms with Gasteiger partial charge in [0.15, 0.2) is 0 Å². The number of likely N-dealkylation sites (N-methyl/N-ethyl adjacent to an activating group) is 1. The van der Waals surface area contributed by atoms with Crippen molar-refractivity contribution in [3.63, 3.8) is 0 Å². The molecular weight excluding hydrogens is 230 g/mol. The third kappa shape index (κ3) is 3.51. The van der Waals surface area contributed by atoms with Crippen LogP contribution >= 0.6 is 11.6 Å². The fourth-order valence-electron chi connectivity index (χ4n) is 1.09. The molecule has 0 amide bonds. The van der Waals surface area contributed by atoms with Crippen LogP contribution in [0, 0.1) is 6.92 Å². The van der Waals surface area contributed by atoms with Gasteiger partial charge in [-0.1, -0.05) is 29.0 Å². The van der Waals surface area contributed by atoms with Crippen LogP contribution in [0.2, 0.25) is 5.02 Å². The normalized spacial score (nSPS) is 10.7. The van der Waals surface area contributed by atoms with E-state index in [1.165, 1.54) is 7.05 Å². The van der Waals surface area contributed by atoms with Crippen LogP contribution < -0.4 is 5.11 Å². The van der Waals surface area contributed by atoms with E-state index in [1.807, 2.05) is 19.1 Å². The van der Waals surface area contributed by atoms with Gasteiger partial charge in [0, 0.05) is 7.05 Å². The molecule has 5 nitrogen and oxygen atoms in total. The molecule has 0 aliphatic rings. The van der Waals surface area contributed by atoms with Crippen molar-refractivity contribution < 1.29 is 9.90 Å². The first-order valence-electron chi connectivity index (χ1n) is 4.58. The first-order chi connectivity index (χ1) is 7.50. The summed E-state index contributed by atoms with van der Waals surface area (Å²) in [6, 6.07) is 5.35. The molecule has 0 radical (unpaired) electrons. The Balaban J connectivity index is 2.80. The summed E-state index contributed by atoms with van der Waals surface area (Å²) in [6.07, 6.45) is 0. The second-order valence-electron chi connectivity index (χ2n) is 3.28. The number of nitrogens with zero attached hydrogens (tertiary/aromatic N) is 3. The number of carboxylic acids is 1. The molecule has 0 unspecified atom stereocenters. The molecule has 1 rings (SSSR count). The maximum absolute atomic E-state index is 10.3. The van der Waals surface area contributed by atoms with Crippen LogP contribution in [-0.4, -0.2) is 24.6 Å². The highest BCUT2D eigenvalue weighted by Crippen LogP contribution is 2.28. The summed E-state index contributed by atoms with van der Waals surface area (Å²) in [5.74, 6) is -1.21. The lowest BCUT2D eigenvalue weighted by molar-refractivity contribution is -0.306. The predicted molar refractivity (Wildman–Crippen MR) is 58.3 cm³/mol. The third-order valence-electron chi connectivity index (χ3n) is 1.84. The van der Waals surface area contributed by atoms with Crippen molar-refractivity contribution in [2.24, 2.45) is 10.3 Å². The zero-order valence-corrected chi connectivity index (χ0v) is 9.73. The first kappa shape index (κ1) is 12.4. The van der Waals surface area contributed by atoms with Gasteiger partial charge in [-0.15, -0.1) is 5.11 Å². The number of benzene rings is 1. The molecule has 0 aromatic heterocycles. The lowest BCUT2D eigenvalue weighted by Gasteiger charge is -2.11. The highest BCUT2D eigenvalue weighted by atomic mass is 35.5. The van der Waals surface area contributed by atoms with Crippen molar-refractivity contribution in [2.75, 3.05) is 13.6 Å². The molecule has 0 aliphatic carbocycles. The Labute approximate surface area is 98.3 Å².